The number of phenols is 1. The summed E-state index contributed by atoms with van der Waals surface area (Å²) in [6, 6.07) is -6.34. The van der Waals surface area contributed by atoms with E-state index in [0.29, 0.717) is 32.9 Å². The Hall–Kier alpha value is -13.7. The third-order valence-electron chi connectivity index (χ3n) is 19.2. The van der Waals surface area contributed by atoms with Crippen molar-refractivity contribution < 1.29 is 122 Å². The number of hydrogen-bond acceptors (Lipinski definition) is 26. The predicted octanol–water partition coefficient (Wildman–Crippen LogP) is -8.95. The molecule has 0 unspecified atom stereocenters. The summed E-state index contributed by atoms with van der Waals surface area (Å²) in [6.07, 6.45) is -5.26. The normalized spacial score (nSPS) is 14.6. The number of aromatic hydroxyl groups is 1. The molecule has 0 aliphatic carbocycles. The second-order valence-corrected chi connectivity index (χ2v) is 29.8. The number of hydrogen-bond donors (Lipinski definition) is 30. The van der Waals surface area contributed by atoms with Crippen LogP contribution in [-0.2, 0) is 110 Å². The minimum atomic E-state index is -2.06. The van der Waals surface area contributed by atoms with Crippen LogP contribution in [0.15, 0.2) is 85.2 Å². The summed E-state index contributed by atoms with van der Waals surface area (Å²) < 4.78 is 0. The summed E-state index contributed by atoms with van der Waals surface area (Å²) >= 11 is 8.34. The number of primary amides is 3. The van der Waals surface area contributed by atoms with Gasteiger partial charge in [0.25, 0.3) is 0 Å². The minimum Gasteiger partial charge on any atom is -0.508 e. The van der Waals surface area contributed by atoms with Gasteiger partial charge in [0.15, 0.2) is 5.96 Å². The smallest absolute Gasteiger partial charge is 0.305 e. The molecule has 686 valence electrons. The number of carboxylic acid groups (broad SMARTS) is 2. The van der Waals surface area contributed by atoms with Crippen LogP contribution in [0.25, 0.3) is 21.8 Å². The molecule has 15 atom stereocenters. The second kappa shape index (κ2) is 50.8. The zero-order valence-corrected chi connectivity index (χ0v) is 70.2. The number of H-pyrrole nitrogens is 2. The van der Waals surface area contributed by atoms with E-state index in [1.165, 1.54) is 36.7 Å². The molecular formula is C77H106N22O25S2. The molecule has 0 spiro atoms. The van der Waals surface area contributed by atoms with Crippen LogP contribution in [0.1, 0.15) is 95.2 Å². The number of para-hydroxylation sites is 2. The average molecular weight is 1800 g/mol. The third kappa shape index (κ3) is 33.5. The molecule has 5 rings (SSSR count). The summed E-state index contributed by atoms with van der Waals surface area (Å²) in [5, 5.41) is 105. The average Bonchev–Trinajstić information content (AvgIpc) is 1.62. The molecule has 2 aromatic heterocycles. The molecule has 0 bridgehead atoms. The number of nitrogens with two attached hydrogens (primary N) is 4. The van der Waals surface area contributed by atoms with Crippen molar-refractivity contribution in [3.8, 4) is 5.75 Å². The Morgan fingerprint density at radius 3 is 1.21 bits per heavy atom. The summed E-state index contributed by atoms with van der Waals surface area (Å²) in [5.74, 6) is -24.0. The Kier molecular flexibility index (Phi) is 41.5. The van der Waals surface area contributed by atoms with Crippen LogP contribution in [0, 0.1) is 5.41 Å². The Morgan fingerprint density at radius 1 is 0.413 bits per heavy atom. The van der Waals surface area contributed by atoms with Gasteiger partial charge in [-0.05, 0) is 86.9 Å². The highest BCUT2D eigenvalue weighted by molar-refractivity contribution is 7.80. The molecule has 47 nitrogen and oxygen atoms in total. The van der Waals surface area contributed by atoms with Crippen molar-refractivity contribution >= 4 is 165 Å². The largest absolute Gasteiger partial charge is 0.508 e. The summed E-state index contributed by atoms with van der Waals surface area (Å²) in [4.78, 5) is 263. The van der Waals surface area contributed by atoms with Gasteiger partial charge in [0.05, 0.1) is 25.7 Å². The molecule has 32 N–H and O–H groups in total. The maximum Gasteiger partial charge on any atom is 0.305 e. The van der Waals surface area contributed by atoms with Crippen LogP contribution < -0.4 is 103 Å². The zero-order valence-electron chi connectivity index (χ0n) is 68.4. The standard InChI is InChI=1S/C77H106N22O25S2/c1-35(64(112)92-53(28-61(109)110)71(119)88-46(63(80)111)18-21-58(78)105)86-65(113)47(13-8-24-83-77(81)82)89-66(114)48(19-22-59(79)106)91-72(120)54(31-100)96-70(118)51(26-39-29-84-44-11-6-4-9-42(39)44)94-68(116)50(25-38-14-16-41(104)17-15-38)93-75(123)57(34-126)98-67(115)49(20-23-60(107)108)90-69(117)52(27-40-30-85-45-12-7-5-10-43(40)45)95-76(124)62(36(2)102)99-73(121)55(32-101)97-74(122)56(33-125)87-37(3)103/h4-7,9-12,14-17,29-30,35-36,46-57,62,84-85,100-102,104,125-126H,8,13,18-28,31-34H2,1-3H3,(H2,78,105)(H2,79,106)(H2,80,111)(H,86,113)(H,87,103)(H,88,119)(H,89,114)(H,90,117)(H,91,120)(H,92,112)(H,93,123)(H,94,116)(H,95,124)(H,96,118)(H,97,122)(H,98,115)(H,99,121)(H,107,108)(H,109,110)(H4,81,82,83)/t35-,36+,46-,47-,48-,49-,50-,51-,52-,53-,54-,55-,56-,57-,62-/m0/s1. The Labute approximate surface area is 729 Å². The first-order valence-corrected chi connectivity index (χ1v) is 40.4. The number of carbonyl (C=O) groups is 19. The van der Waals surface area contributed by atoms with E-state index in [2.05, 4.69) is 115 Å². The van der Waals surface area contributed by atoms with E-state index in [0.717, 1.165) is 20.8 Å². The summed E-state index contributed by atoms with van der Waals surface area (Å²) in [5.41, 5.74) is 23.5. The van der Waals surface area contributed by atoms with Gasteiger partial charge in [0.2, 0.25) is 100 Å². The molecule has 0 aliphatic heterocycles. The molecule has 0 fully saturated rings. The lowest BCUT2D eigenvalue weighted by Gasteiger charge is -2.28. The van der Waals surface area contributed by atoms with E-state index in [1.54, 1.807) is 48.5 Å². The molecule has 0 aliphatic rings. The van der Waals surface area contributed by atoms with Gasteiger partial charge in [0.1, 0.15) is 90.3 Å². The first-order valence-electron chi connectivity index (χ1n) is 39.2. The molecule has 49 heteroatoms. The number of rotatable bonds is 54. The Morgan fingerprint density at radius 2 is 0.778 bits per heavy atom. The molecule has 3 aromatic carbocycles. The number of fused-ring (bicyclic) bond motifs is 2. The molecule has 5 aromatic rings. The first-order chi connectivity index (χ1) is 59.6. The number of amides is 17. The Bertz CT molecular complexity index is 4760. The monoisotopic (exact) mass is 1800 g/mol. The molecule has 0 radical (unpaired) electrons. The minimum absolute atomic E-state index is 0.0708. The van der Waals surface area contributed by atoms with Crippen LogP contribution in [0.3, 0.4) is 0 Å². The number of aliphatic hydroxyl groups is 3. The van der Waals surface area contributed by atoms with Gasteiger partial charge < -0.3 is 143 Å². The van der Waals surface area contributed by atoms with Gasteiger partial charge in [-0.15, -0.1) is 0 Å². The maximum atomic E-state index is 15.1. The van der Waals surface area contributed by atoms with Crippen molar-refractivity contribution in [1.82, 2.24) is 89.7 Å². The number of carbonyl (C=O) groups excluding carboxylic acids is 17. The number of carboxylic acids is 2. The number of aromatic amines is 2. The molecule has 126 heavy (non-hydrogen) atoms. The predicted molar refractivity (Wildman–Crippen MR) is 452 cm³/mol. The number of aliphatic hydroxyl groups excluding tert-OH is 3. The lowest BCUT2D eigenvalue weighted by atomic mass is 10.0. The van der Waals surface area contributed by atoms with Crippen LogP contribution in [-0.4, -0.2) is 281 Å². The van der Waals surface area contributed by atoms with E-state index in [1.807, 2.05) is 0 Å². The number of thiol groups is 2. The van der Waals surface area contributed by atoms with Crippen molar-refractivity contribution in [2.45, 2.75) is 189 Å². The van der Waals surface area contributed by atoms with Crippen LogP contribution in [0.4, 0.5) is 0 Å². The number of aliphatic carboxylic acids is 2. The molecule has 2 heterocycles. The quantitative estimate of drug-likeness (QED) is 0.00744. The van der Waals surface area contributed by atoms with Crippen LogP contribution in [0.2, 0.25) is 0 Å². The van der Waals surface area contributed by atoms with Gasteiger partial charge in [-0.3, -0.25) is 96.5 Å². The van der Waals surface area contributed by atoms with Gasteiger partial charge in [-0.25, -0.2) is 0 Å². The SMILES string of the molecule is CC(=O)N[C@@H](CS)C(=O)N[C@@H](CO)C(=O)N[C@H](C(=O)N[C@@H](Cc1c[nH]c2ccccc12)C(=O)N[C@@H](CCC(=O)O)C(=O)N[C@@H](CS)C(=O)N[C@@H](Cc1ccc(O)cc1)C(=O)N[C@@H](Cc1c[nH]c2ccccc12)C(=O)N[C@@H](CO)C(=O)N[C@@H](CCC(N)=O)C(=O)N[C@@H](CCCNC(=N)N)C(=O)N[C@@H](C)C(=O)N[C@@H](CC(=O)O)C(=O)N[C@@H](CCC(N)=O)C(N)=O)[C@@H](C)O. The highest BCUT2D eigenvalue weighted by Crippen LogP contribution is 2.23. The topological polar surface area (TPSA) is 786 Å². The van der Waals surface area contributed by atoms with E-state index >= 15 is 4.79 Å². The number of nitrogens with one attached hydrogen (secondary N) is 18. The number of benzene rings is 3. The van der Waals surface area contributed by atoms with Gasteiger partial charge in [-0.2, -0.15) is 25.3 Å². The van der Waals surface area contributed by atoms with E-state index in [4.69, 9.17) is 28.3 Å². The lowest BCUT2D eigenvalue weighted by Crippen LogP contribution is -2.62. The summed E-state index contributed by atoms with van der Waals surface area (Å²) in [6.45, 7) is 0.843. The molecule has 17 amide bonds. The number of phenolic OH excluding ortho intramolecular Hbond substituents is 1. The number of aromatic nitrogens is 2. The van der Waals surface area contributed by atoms with E-state index in [-0.39, 0.29) is 36.5 Å². The van der Waals surface area contributed by atoms with Crippen LogP contribution >= 0.6 is 25.3 Å². The summed E-state index contributed by atoms with van der Waals surface area (Å²) in [7, 11) is 0. The molecular weight excluding hydrogens is 1700 g/mol. The van der Waals surface area contributed by atoms with Crippen LogP contribution in [0.5, 0.6) is 5.75 Å². The second-order valence-electron chi connectivity index (χ2n) is 29.0. The lowest BCUT2D eigenvalue weighted by molar-refractivity contribution is -0.141. The van der Waals surface area contributed by atoms with Gasteiger partial charge >= 0.3 is 11.9 Å². The zero-order chi connectivity index (χ0) is 93.8. The Balaban J connectivity index is 1.44. The van der Waals surface area contributed by atoms with E-state index in [9.17, 15) is 117 Å². The highest BCUT2D eigenvalue weighted by Gasteiger charge is 2.40. The first kappa shape index (κ1) is 103. The third-order valence-corrected chi connectivity index (χ3v) is 19.9. The van der Waals surface area contributed by atoms with Gasteiger partial charge in [-0.1, -0.05) is 48.5 Å². The fraction of sp³-hybridized carbons (Fsp3) is 0.455. The molecule has 0 saturated heterocycles. The fourth-order valence-electron chi connectivity index (χ4n) is 12.5. The highest BCUT2D eigenvalue weighted by atomic mass is 32.1. The van der Waals surface area contributed by atoms with Crippen molar-refractivity contribution in [3.05, 3.63) is 102 Å². The fourth-order valence-corrected chi connectivity index (χ4v) is 13.0. The molecule has 0 saturated carbocycles. The van der Waals surface area contributed by atoms with Crippen molar-refractivity contribution in [2.75, 3.05) is 31.3 Å². The number of guanidine groups is 1. The van der Waals surface area contributed by atoms with Crippen molar-refractivity contribution in [2.24, 2.45) is 22.9 Å². The van der Waals surface area contributed by atoms with E-state index < -0.39 is 292 Å². The van der Waals surface area contributed by atoms with Crippen molar-refractivity contribution in [3.63, 3.8) is 0 Å². The maximum absolute atomic E-state index is 15.1. The van der Waals surface area contributed by atoms with Gasteiger partial charge in [0, 0.05) is 97.7 Å². The van der Waals surface area contributed by atoms with Crippen molar-refractivity contribution in [1.29, 1.82) is 5.41 Å².